The van der Waals surface area contributed by atoms with Gasteiger partial charge in [0.15, 0.2) is 0 Å². The number of carbonyl (C=O) groups is 2. The van der Waals surface area contributed by atoms with Crippen molar-refractivity contribution in [3.05, 3.63) is 40.5 Å². The topological polar surface area (TPSA) is 55.4 Å². The minimum absolute atomic E-state index is 0.205. The summed E-state index contributed by atoms with van der Waals surface area (Å²) in [5.41, 5.74) is 3.16. The number of aryl methyl sites for hydroxylation is 2. The van der Waals surface area contributed by atoms with Gasteiger partial charge in [0.1, 0.15) is 5.60 Å². The summed E-state index contributed by atoms with van der Waals surface area (Å²) in [6.45, 7) is 5.65. The third kappa shape index (κ3) is 2.78. The molecule has 0 radical (unpaired) electrons. The van der Waals surface area contributed by atoms with Gasteiger partial charge in [-0.25, -0.2) is 4.79 Å². The number of ether oxygens (including phenoxy) is 1. The van der Waals surface area contributed by atoms with Gasteiger partial charge < -0.3 is 10.1 Å². The van der Waals surface area contributed by atoms with E-state index in [-0.39, 0.29) is 11.9 Å². The highest BCUT2D eigenvalue weighted by atomic mass is 16.6. The van der Waals surface area contributed by atoms with Gasteiger partial charge in [-0.05, 0) is 63.6 Å². The van der Waals surface area contributed by atoms with Crippen molar-refractivity contribution in [2.45, 2.75) is 58.5 Å². The molecule has 4 heteroatoms. The molecule has 1 aliphatic heterocycles. The number of hydrogen-bond donors (Lipinski definition) is 1. The lowest BCUT2D eigenvalue weighted by atomic mass is 9.78. The summed E-state index contributed by atoms with van der Waals surface area (Å²) in [6, 6.07) is 5.95. The zero-order chi connectivity index (χ0) is 16.6. The third-order valence-corrected chi connectivity index (χ3v) is 4.95. The average Bonchev–Trinajstić information content (AvgIpc) is 2.74. The van der Waals surface area contributed by atoms with Crippen LogP contribution in [-0.4, -0.2) is 17.5 Å². The van der Waals surface area contributed by atoms with Gasteiger partial charge in [-0.3, -0.25) is 4.79 Å². The molecule has 1 saturated carbocycles. The van der Waals surface area contributed by atoms with E-state index in [2.05, 4.69) is 5.32 Å². The lowest BCUT2D eigenvalue weighted by Crippen LogP contribution is -2.39. The number of carbonyl (C=O) groups excluding carboxylic acids is 2. The van der Waals surface area contributed by atoms with Crippen molar-refractivity contribution in [2.24, 2.45) is 0 Å². The second-order valence-electron chi connectivity index (χ2n) is 6.72. The van der Waals surface area contributed by atoms with Gasteiger partial charge in [-0.15, -0.1) is 0 Å². The highest BCUT2D eigenvalue weighted by Gasteiger charge is 2.49. The van der Waals surface area contributed by atoms with Crippen LogP contribution in [0.3, 0.4) is 0 Å². The van der Waals surface area contributed by atoms with E-state index in [0.717, 1.165) is 48.9 Å². The van der Waals surface area contributed by atoms with E-state index in [4.69, 9.17) is 4.74 Å². The molecule has 1 aliphatic carbocycles. The Bertz CT molecular complexity index is 697. The van der Waals surface area contributed by atoms with Crippen molar-refractivity contribution in [2.75, 3.05) is 5.32 Å². The summed E-state index contributed by atoms with van der Waals surface area (Å²) >= 11 is 0. The molecule has 0 aromatic heterocycles. The first-order chi connectivity index (χ1) is 10.9. The molecule has 2 aliphatic rings. The summed E-state index contributed by atoms with van der Waals surface area (Å²) in [5, 5.41) is 2.99. The van der Waals surface area contributed by atoms with Crippen LogP contribution in [0.15, 0.2) is 29.3 Å². The Morgan fingerprint density at radius 2 is 1.83 bits per heavy atom. The Balaban J connectivity index is 1.93. The molecule has 1 amide bonds. The lowest BCUT2D eigenvalue weighted by Gasteiger charge is -2.34. The highest BCUT2D eigenvalue weighted by molar-refractivity contribution is 6.12. The first-order valence-corrected chi connectivity index (χ1v) is 8.26. The smallest absolute Gasteiger partial charge is 0.335 e. The molecular weight excluding hydrogens is 290 g/mol. The molecule has 4 nitrogen and oxygen atoms in total. The summed E-state index contributed by atoms with van der Waals surface area (Å²) in [5.74, 6) is -0.554. The number of benzene rings is 1. The lowest BCUT2D eigenvalue weighted by molar-refractivity contribution is -0.149. The van der Waals surface area contributed by atoms with Crippen molar-refractivity contribution in [1.29, 1.82) is 0 Å². The molecule has 1 heterocycles. The van der Waals surface area contributed by atoms with Crippen molar-refractivity contribution >= 4 is 17.6 Å². The first-order valence-electron chi connectivity index (χ1n) is 8.26. The van der Waals surface area contributed by atoms with Crippen molar-refractivity contribution < 1.29 is 14.3 Å². The molecule has 1 aromatic rings. The fraction of sp³-hybridized carbons (Fsp3) is 0.474. The van der Waals surface area contributed by atoms with Gasteiger partial charge in [-0.2, -0.15) is 0 Å². The number of rotatable bonds is 2. The van der Waals surface area contributed by atoms with Crippen LogP contribution in [-0.2, 0) is 14.3 Å². The summed E-state index contributed by atoms with van der Waals surface area (Å²) in [7, 11) is 0. The Labute approximate surface area is 136 Å². The van der Waals surface area contributed by atoms with Gasteiger partial charge >= 0.3 is 5.97 Å². The second-order valence-corrected chi connectivity index (χ2v) is 6.72. The Morgan fingerprint density at radius 3 is 2.52 bits per heavy atom. The first kappa shape index (κ1) is 15.8. The van der Waals surface area contributed by atoms with E-state index in [1.54, 1.807) is 6.92 Å². The predicted molar refractivity (Wildman–Crippen MR) is 89.2 cm³/mol. The number of amides is 1. The number of esters is 1. The minimum Gasteiger partial charge on any atom is -0.451 e. The van der Waals surface area contributed by atoms with E-state index in [9.17, 15) is 9.59 Å². The van der Waals surface area contributed by atoms with Crippen molar-refractivity contribution in [1.82, 2.24) is 0 Å². The Kier molecular flexibility index (Phi) is 4.00. The molecule has 3 rings (SSSR count). The third-order valence-electron chi connectivity index (χ3n) is 4.95. The van der Waals surface area contributed by atoms with E-state index < -0.39 is 5.60 Å². The monoisotopic (exact) mass is 313 g/mol. The minimum atomic E-state index is -0.707. The van der Waals surface area contributed by atoms with Crippen LogP contribution in [0.1, 0.15) is 50.2 Å². The SMILES string of the molecule is CC1=C(C(=O)Nc2cc(C)ccc2C)C2(CCCCC2)OC1=O. The summed E-state index contributed by atoms with van der Waals surface area (Å²) in [6.07, 6.45) is 4.59. The molecule has 1 fully saturated rings. The van der Waals surface area contributed by atoms with Crippen LogP contribution >= 0.6 is 0 Å². The van der Waals surface area contributed by atoms with E-state index in [0.29, 0.717) is 11.1 Å². The molecule has 1 N–H and O–H groups in total. The molecule has 1 spiro atoms. The van der Waals surface area contributed by atoms with Crippen LogP contribution in [0.2, 0.25) is 0 Å². The molecule has 0 atom stereocenters. The van der Waals surface area contributed by atoms with Crippen LogP contribution in [0.25, 0.3) is 0 Å². The van der Waals surface area contributed by atoms with Gasteiger partial charge in [0, 0.05) is 11.3 Å². The number of hydrogen-bond acceptors (Lipinski definition) is 3. The van der Waals surface area contributed by atoms with Crippen LogP contribution in [0.5, 0.6) is 0 Å². The molecule has 0 unspecified atom stereocenters. The maximum atomic E-state index is 12.9. The average molecular weight is 313 g/mol. The zero-order valence-electron chi connectivity index (χ0n) is 14.0. The zero-order valence-corrected chi connectivity index (χ0v) is 14.0. The second kappa shape index (κ2) is 5.84. The fourth-order valence-electron chi connectivity index (χ4n) is 3.66. The van der Waals surface area contributed by atoms with Crippen LogP contribution < -0.4 is 5.32 Å². The number of anilines is 1. The van der Waals surface area contributed by atoms with Crippen molar-refractivity contribution in [3.8, 4) is 0 Å². The van der Waals surface area contributed by atoms with Crippen LogP contribution in [0, 0.1) is 13.8 Å². The normalized spacial score (nSPS) is 19.9. The van der Waals surface area contributed by atoms with E-state index in [1.807, 2.05) is 32.0 Å². The summed E-state index contributed by atoms with van der Waals surface area (Å²) < 4.78 is 5.65. The largest absolute Gasteiger partial charge is 0.451 e. The fourth-order valence-corrected chi connectivity index (χ4v) is 3.66. The maximum absolute atomic E-state index is 12.9. The summed E-state index contributed by atoms with van der Waals surface area (Å²) in [4.78, 5) is 25.0. The highest BCUT2D eigenvalue weighted by Crippen LogP contribution is 2.44. The molecule has 122 valence electrons. The molecule has 0 bridgehead atoms. The Hall–Kier alpha value is -2.10. The number of nitrogens with one attached hydrogen (secondary N) is 1. The van der Waals surface area contributed by atoms with Gasteiger partial charge in [0.25, 0.3) is 5.91 Å². The Morgan fingerprint density at radius 1 is 1.13 bits per heavy atom. The van der Waals surface area contributed by atoms with Gasteiger partial charge in [0.2, 0.25) is 0 Å². The van der Waals surface area contributed by atoms with Crippen LogP contribution in [0.4, 0.5) is 5.69 Å². The maximum Gasteiger partial charge on any atom is 0.335 e. The molecule has 1 aromatic carbocycles. The van der Waals surface area contributed by atoms with E-state index in [1.165, 1.54) is 0 Å². The predicted octanol–water partition coefficient (Wildman–Crippen LogP) is 3.82. The van der Waals surface area contributed by atoms with E-state index >= 15 is 0 Å². The molecule has 0 saturated heterocycles. The van der Waals surface area contributed by atoms with Gasteiger partial charge in [0.05, 0.1) is 5.57 Å². The van der Waals surface area contributed by atoms with Gasteiger partial charge in [-0.1, -0.05) is 18.6 Å². The quantitative estimate of drug-likeness (QED) is 0.845. The molecule has 23 heavy (non-hydrogen) atoms. The standard InChI is InChI=1S/C19H23NO3/c1-12-7-8-13(2)15(11-12)20-17(21)16-14(3)18(22)23-19(16)9-5-4-6-10-19/h7-8,11H,4-6,9-10H2,1-3H3,(H,20,21). The molecular formula is C19H23NO3. The van der Waals surface area contributed by atoms with Crippen molar-refractivity contribution in [3.63, 3.8) is 0 Å².